The Balaban J connectivity index is 1.65. The van der Waals surface area contributed by atoms with Crippen LogP contribution < -0.4 is 10.6 Å². The summed E-state index contributed by atoms with van der Waals surface area (Å²) < 4.78 is 54.8. The minimum absolute atomic E-state index is 0.122. The summed E-state index contributed by atoms with van der Waals surface area (Å²) in [6.45, 7) is 0.517. The molecular formula is C22H27F4N3O2S. The largest absolute Gasteiger partial charge is 0.393 e. The molecule has 1 aliphatic carbocycles. The third kappa shape index (κ3) is 5.18. The summed E-state index contributed by atoms with van der Waals surface area (Å²) in [4.78, 5) is 5.97. The first-order valence-electron chi connectivity index (χ1n) is 10.9. The van der Waals surface area contributed by atoms with Gasteiger partial charge in [0.25, 0.3) is 0 Å². The first kappa shape index (κ1) is 23.3. The number of aliphatic hydroxyl groups is 1. The molecule has 0 unspecified atom stereocenters. The van der Waals surface area contributed by atoms with Gasteiger partial charge < -0.3 is 20.6 Å². The predicted molar refractivity (Wildman–Crippen MR) is 118 cm³/mol. The molecule has 2 heterocycles. The van der Waals surface area contributed by atoms with Gasteiger partial charge in [-0.3, -0.25) is 0 Å². The molecule has 0 spiro atoms. The number of alkyl halides is 4. The van der Waals surface area contributed by atoms with E-state index in [1.54, 1.807) is 18.2 Å². The van der Waals surface area contributed by atoms with Crippen molar-refractivity contribution in [3.05, 3.63) is 28.6 Å². The van der Waals surface area contributed by atoms with Gasteiger partial charge in [-0.05, 0) is 42.7 Å². The highest BCUT2D eigenvalue weighted by Crippen LogP contribution is 2.39. The lowest BCUT2D eigenvalue weighted by Gasteiger charge is -2.32. The molecule has 2 aliphatic rings. The van der Waals surface area contributed by atoms with Gasteiger partial charge in [-0.2, -0.15) is 13.2 Å². The Bertz CT molecular complexity index is 957. The van der Waals surface area contributed by atoms with Crippen molar-refractivity contribution < 1.29 is 27.5 Å². The highest BCUT2D eigenvalue weighted by Gasteiger charge is 2.35. The van der Waals surface area contributed by atoms with Crippen molar-refractivity contribution in [3.8, 4) is 0 Å². The van der Waals surface area contributed by atoms with E-state index in [9.17, 15) is 22.7 Å². The van der Waals surface area contributed by atoms with Crippen molar-refractivity contribution in [1.82, 2.24) is 5.32 Å². The molecule has 1 aromatic heterocycles. The summed E-state index contributed by atoms with van der Waals surface area (Å²) in [6.07, 6.45) is -1.02. The van der Waals surface area contributed by atoms with Gasteiger partial charge in [-0.25, -0.2) is 4.39 Å². The zero-order valence-electron chi connectivity index (χ0n) is 17.6. The van der Waals surface area contributed by atoms with Crippen molar-refractivity contribution in [2.75, 3.05) is 25.0 Å². The van der Waals surface area contributed by atoms with Crippen LogP contribution in [0, 0.1) is 0 Å². The lowest BCUT2D eigenvalue weighted by molar-refractivity contribution is -0.126. The maximum absolute atomic E-state index is 14.1. The molecule has 1 aromatic carbocycles. The summed E-state index contributed by atoms with van der Waals surface area (Å²) in [5, 5.41) is 20.3. The Hall–Kier alpha value is -1.91. The molecule has 2 fully saturated rings. The zero-order chi connectivity index (χ0) is 22.8. The van der Waals surface area contributed by atoms with Crippen LogP contribution in [-0.4, -0.2) is 55.0 Å². The second-order valence-electron chi connectivity index (χ2n) is 8.57. The zero-order valence-corrected chi connectivity index (χ0v) is 18.4. The van der Waals surface area contributed by atoms with Crippen molar-refractivity contribution in [1.29, 1.82) is 0 Å². The number of benzene rings is 1. The summed E-state index contributed by atoms with van der Waals surface area (Å²) in [5.74, 6) is 0. The Morgan fingerprint density at radius 3 is 2.69 bits per heavy atom. The van der Waals surface area contributed by atoms with E-state index in [1.165, 1.54) is 17.6 Å². The normalized spacial score (nSPS) is 23.8. The average molecular weight is 474 g/mol. The number of anilines is 1. The minimum Gasteiger partial charge on any atom is -0.392 e. The van der Waals surface area contributed by atoms with Gasteiger partial charge in [-0.1, -0.05) is 23.7 Å². The fourth-order valence-electron chi connectivity index (χ4n) is 4.44. The van der Waals surface area contributed by atoms with Crippen LogP contribution in [0.2, 0.25) is 0 Å². The van der Waals surface area contributed by atoms with Crippen molar-refractivity contribution in [3.63, 3.8) is 0 Å². The molecule has 5 nitrogen and oxygen atoms in total. The number of fused-ring (bicyclic) bond motifs is 1. The van der Waals surface area contributed by atoms with Crippen LogP contribution in [-0.2, 0) is 11.3 Å². The Morgan fingerprint density at radius 2 is 2.03 bits per heavy atom. The molecule has 0 bridgehead atoms. The molecule has 0 amide bonds. The van der Waals surface area contributed by atoms with Crippen molar-refractivity contribution in [2.24, 2.45) is 5.16 Å². The van der Waals surface area contributed by atoms with Crippen LogP contribution in [0.5, 0.6) is 0 Å². The molecule has 1 aliphatic heterocycles. The van der Waals surface area contributed by atoms with E-state index in [1.807, 2.05) is 0 Å². The highest BCUT2D eigenvalue weighted by molar-refractivity contribution is 7.21. The molecule has 1 saturated heterocycles. The van der Waals surface area contributed by atoms with E-state index in [4.69, 9.17) is 4.84 Å². The van der Waals surface area contributed by atoms with E-state index in [-0.39, 0.29) is 18.7 Å². The monoisotopic (exact) mass is 473 g/mol. The molecule has 2 aromatic rings. The number of rotatable bonds is 7. The second kappa shape index (κ2) is 9.52. The summed E-state index contributed by atoms with van der Waals surface area (Å²) in [5.41, 5.74) is -0.0444. The lowest BCUT2D eigenvalue weighted by Crippen LogP contribution is -2.37. The van der Waals surface area contributed by atoms with E-state index >= 15 is 0 Å². The molecule has 32 heavy (non-hydrogen) atoms. The number of thiophene rings is 1. The first-order chi connectivity index (χ1) is 15.3. The molecule has 10 heteroatoms. The second-order valence-corrected chi connectivity index (χ2v) is 9.62. The number of hydrogen-bond donors (Lipinski definition) is 3. The third-order valence-corrected chi connectivity index (χ3v) is 7.39. The van der Waals surface area contributed by atoms with Gasteiger partial charge in [0.2, 0.25) is 0 Å². The van der Waals surface area contributed by atoms with Crippen LogP contribution in [0.25, 0.3) is 10.1 Å². The van der Waals surface area contributed by atoms with Gasteiger partial charge in [0.15, 0.2) is 5.60 Å². The first-order valence-corrected chi connectivity index (χ1v) is 11.7. The fraction of sp³-hybridized carbons (Fsp3) is 0.591. The van der Waals surface area contributed by atoms with Crippen LogP contribution >= 0.6 is 11.3 Å². The SMILES string of the molecule is OCC1(O/N=C/c2sc3c(N[C@@H]4CNC[C@@H]4F)cccc3c2CC(F)(F)F)CCCCC1. The lowest BCUT2D eigenvalue weighted by atomic mass is 9.85. The molecular weight excluding hydrogens is 446 g/mol. The van der Waals surface area contributed by atoms with Crippen molar-refractivity contribution >= 4 is 33.3 Å². The third-order valence-electron chi connectivity index (χ3n) is 6.18. The van der Waals surface area contributed by atoms with E-state index in [2.05, 4.69) is 15.8 Å². The van der Waals surface area contributed by atoms with Crippen LogP contribution in [0.3, 0.4) is 0 Å². The smallest absolute Gasteiger partial charge is 0.392 e. The number of aliphatic hydroxyl groups excluding tert-OH is 1. The maximum atomic E-state index is 14.1. The van der Waals surface area contributed by atoms with Crippen molar-refractivity contribution in [2.45, 2.75) is 62.5 Å². The molecule has 176 valence electrons. The van der Waals surface area contributed by atoms with E-state index < -0.39 is 30.4 Å². The van der Waals surface area contributed by atoms with E-state index in [0.717, 1.165) is 19.3 Å². The van der Waals surface area contributed by atoms with Gasteiger partial charge >= 0.3 is 6.18 Å². The molecule has 2 atom stereocenters. The van der Waals surface area contributed by atoms with Crippen LogP contribution in [0.4, 0.5) is 23.2 Å². The Labute approximate surface area is 187 Å². The Kier molecular flexibility index (Phi) is 6.92. The van der Waals surface area contributed by atoms with Crippen LogP contribution in [0.1, 0.15) is 42.5 Å². The van der Waals surface area contributed by atoms with Crippen LogP contribution in [0.15, 0.2) is 23.4 Å². The summed E-state index contributed by atoms with van der Waals surface area (Å²) in [6, 6.07) is 4.63. The number of halogens is 4. The highest BCUT2D eigenvalue weighted by atomic mass is 32.1. The van der Waals surface area contributed by atoms with E-state index in [0.29, 0.717) is 40.0 Å². The topological polar surface area (TPSA) is 65.9 Å². The summed E-state index contributed by atoms with van der Waals surface area (Å²) in [7, 11) is 0. The number of nitrogens with one attached hydrogen (secondary N) is 2. The predicted octanol–water partition coefficient (Wildman–Crippen LogP) is 4.77. The molecule has 0 radical (unpaired) electrons. The molecule has 3 N–H and O–H groups in total. The summed E-state index contributed by atoms with van der Waals surface area (Å²) >= 11 is 1.17. The molecule has 4 rings (SSSR count). The minimum atomic E-state index is -4.39. The Morgan fingerprint density at radius 1 is 1.25 bits per heavy atom. The number of hydrogen-bond acceptors (Lipinski definition) is 6. The fourth-order valence-corrected chi connectivity index (χ4v) is 5.60. The van der Waals surface area contributed by atoms with Gasteiger partial charge in [0.05, 0.1) is 40.5 Å². The quantitative estimate of drug-likeness (QED) is 0.308. The maximum Gasteiger partial charge on any atom is 0.393 e. The standard InChI is InChI=1S/C22H27F4N3O2S/c23-16-10-27-11-18(16)29-17-6-4-5-14-15(9-22(24,25)26)19(32-20(14)17)12-28-31-21(13-30)7-2-1-3-8-21/h4-6,12,16,18,27,29-30H,1-3,7-11,13H2/b28-12+/t16-,18+/m0/s1. The van der Waals surface area contributed by atoms with Gasteiger partial charge in [0.1, 0.15) is 6.17 Å². The molecule has 1 saturated carbocycles. The number of nitrogens with zero attached hydrogens (tertiary/aromatic N) is 1. The van der Waals surface area contributed by atoms with Gasteiger partial charge in [0, 0.05) is 13.1 Å². The average Bonchev–Trinajstić information content (AvgIpc) is 3.32. The van der Waals surface area contributed by atoms with Gasteiger partial charge in [-0.15, -0.1) is 11.3 Å². The number of oxime groups is 1.